The van der Waals surface area contributed by atoms with Crippen molar-refractivity contribution in [3.05, 3.63) is 29.5 Å². The number of thiocarbonyl (C=S) groups is 1. The number of carbonyl (C=O) groups is 1. The van der Waals surface area contributed by atoms with E-state index in [1.807, 2.05) is 38.1 Å². The molecule has 1 saturated carbocycles. The molecule has 2 fully saturated rings. The molecule has 0 unspecified atom stereocenters. The molecule has 0 radical (unpaired) electrons. The molecule has 140 valence electrons. The summed E-state index contributed by atoms with van der Waals surface area (Å²) in [7, 11) is 0. The van der Waals surface area contributed by atoms with Crippen molar-refractivity contribution < 1.29 is 14.3 Å². The van der Waals surface area contributed by atoms with E-state index >= 15 is 0 Å². The molecule has 0 atom stereocenters. The first-order chi connectivity index (χ1) is 12.6. The van der Waals surface area contributed by atoms with Gasteiger partial charge in [-0.25, -0.2) is 0 Å². The molecular formula is C20H26N2O3S. The summed E-state index contributed by atoms with van der Waals surface area (Å²) in [5.41, 5.74) is 1.40. The van der Waals surface area contributed by atoms with E-state index in [1.54, 1.807) is 4.90 Å². The van der Waals surface area contributed by atoms with E-state index in [0.717, 1.165) is 31.2 Å². The molecule has 1 heterocycles. The van der Waals surface area contributed by atoms with Gasteiger partial charge in [-0.1, -0.05) is 25.3 Å². The quantitative estimate of drug-likeness (QED) is 0.605. The summed E-state index contributed by atoms with van der Waals surface area (Å²) in [5.74, 6) is 1.36. The van der Waals surface area contributed by atoms with Crippen LogP contribution in [0.1, 0.15) is 51.5 Å². The largest absolute Gasteiger partial charge is 0.490 e. The maximum absolute atomic E-state index is 12.9. The number of rotatable bonds is 6. The van der Waals surface area contributed by atoms with Gasteiger partial charge >= 0.3 is 0 Å². The molecule has 3 rings (SSSR count). The zero-order valence-corrected chi connectivity index (χ0v) is 16.2. The maximum Gasteiger partial charge on any atom is 0.276 e. The number of hydrogen-bond acceptors (Lipinski definition) is 4. The lowest BCUT2D eigenvalue weighted by Gasteiger charge is -2.29. The molecule has 6 heteroatoms. The van der Waals surface area contributed by atoms with E-state index in [0.29, 0.717) is 35.5 Å². The van der Waals surface area contributed by atoms with Gasteiger partial charge in [0.15, 0.2) is 16.6 Å². The topological polar surface area (TPSA) is 50.8 Å². The van der Waals surface area contributed by atoms with Crippen molar-refractivity contribution in [2.45, 2.75) is 52.0 Å². The second kappa shape index (κ2) is 8.54. The van der Waals surface area contributed by atoms with Crippen LogP contribution in [0, 0.1) is 0 Å². The van der Waals surface area contributed by atoms with Crippen LogP contribution in [0.5, 0.6) is 11.5 Å². The second-order valence-electron chi connectivity index (χ2n) is 6.53. The summed E-state index contributed by atoms with van der Waals surface area (Å²) >= 11 is 5.42. The number of nitrogens with zero attached hydrogens (tertiary/aromatic N) is 1. The van der Waals surface area contributed by atoms with Gasteiger partial charge in [0.25, 0.3) is 5.91 Å². The zero-order chi connectivity index (χ0) is 18.5. The van der Waals surface area contributed by atoms with Gasteiger partial charge in [-0.15, -0.1) is 0 Å². The molecule has 1 aromatic carbocycles. The highest BCUT2D eigenvalue weighted by atomic mass is 32.1. The lowest BCUT2D eigenvalue weighted by Crippen LogP contribution is -2.41. The minimum atomic E-state index is -0.0336. The van der Waals surface area contributed by atoms with Gasteiger partial charge in [0.05, 0.1) is 13.2 Å². The average Bonchev–Trinajstić information content (AvgIpc) is 2.92. The lowest BCUT2D eigenvalue weighted by atomic mass is 9.94. The monoisotopic (exact) mass is 374 g/mol. The Morgan fingerprint density at radius 2 is 1.85 bits per heavy atom. The Balaban J connectivity index is 1.82. The predicted octanol–water partition coefficient (Wildman–Crippen LogP) is 3.87. The van der Waals surface area contributed by atoms with Crippen LogP contribution >= 0.6 is 12.2 Å². The molecule has 0 aromatic heterocycles. The molecule has 1 aliphatic heterocycles. The second-order valence-corrected chi connectivity index (χ2v) is 6.91. The highest BCUT2D eigenvalue weighted by Crippen LogP contribution is 2.31. The fourth-order valence-corrected chi connectivity index (χ4v) is 3.89. The molecule has 1 aliphatic carbocycles. The Morgan fingerprint density at radius 3 is 2.54 bits per heavy atom. The molecule has 1 N–H and O–H groups in total. The van der Waals surface area contributed by atoms with Crippen molar-refractivity contribution >= 4 is 29.3 Å². The van der Waals surface area contributed by atoms with Crippen LogP contribution < -0.4 is 14.8 Å². The zero-order valence-electron chi connectivity index (χ0n) is 15.4. The molecule has 26 heavy (non-hydrogen) atoms. The molecule has 1 aromatic rings. The van der Waals surface area contributed by atoms with Crippen LogP contribution in [0.4, 0.5) is 0 Å². The number of carbonyl (C=O) groups excluding carboxylic acids is 1. The number of amides is 1. The van der Waals surface area contributed by atoms with Crippen molar-refractivity contribution in [2.75, 3.05) is 13.2 Å². The van der Waals surface area contributed by atoms with E-state index in [-0.39, 0.29) is 11.9 Å². The fourth-order valence-electron chi connectivity index (χ4n) is 3.54. The SMILES string of the molecule is CCOc1ccc(/C=C2\NC(=S)N(C3CCCCC3)C2=O)cc1OCC. The number of nitrogens with one attached hydrogen (secondary N) is 1. The van der Waals surface area contributed by atoms with Gasteiger partial charge < -0.3 is 14.8 Å². The first-order valence-corrected chi connectivity index (χ1v) is 9.80. The number of ether oxygens (including phenoxy) is 2. The predicted molar refractivity (Wildman–Crippen MR) is 106 cm³/mol. The summed E-state index contributed by atoms with van der Waals surface area (Å²) in [5, 5.41) is 3.61. The third-order valence-corrected chi connectivity index (χ3v) is 5.03. The number of hydrogen-bond donors (Lipinski definition) is 1. The Labute approximate surface area is 160 Å². The lowest BCUT2D eigenvalue weighted by molar-refractivity contribution is -0.124. The van der Waals surface area contributed by atoms with Crippen LogP contribution in [0.3, 0.4) is 0 Å². The molecular weight excluding hydrogens is 348 g/mol. The van der Waals surface area contributed by atoms with E-state index in [4.69, 9.17) is 21.7 Å². The smallest absolute Gasteiger partial charge is 0.276 e. The Kier molecular flexibility index (Phi) is 6.14. The summed E-state index contributed by atoms with van der Waals surface area (Å²) in [4.78, 5) is 14.6. The van der Waals surface area contributed by atoms with E-state index in [9.17, 15) is 4.79 Å². The minimum Gasteiger partial charge on any atom is -0.490 e. The summed E-state index contributed by atoms with van der Waals surface area (Å²) in [6, 6.07) is 5.91. The first-order valence-electron chi connectivity index (χ1n) is 9.40. The molecule has 0 spiro atoms. The van der Waals surface area contributed by atoms with Gasteiger partial charge in [-0.05, 0) is 62.7 Å². The van der Waals surface area contributed by atoms with Crippen molar-refractivity contribution in [3.8, 4) is 11.5 Å². The van der Waals surface area contributed by atoms with Crippen LogP contribution in [-0.4, -0.2) is 35.2 Å². The average molecular weight is 375 g/mol. The Morgan fingerprint density at radius 1 is 1.15 bits per heavy atom. The molecule has 0 bridgehead atoms. The van der Waals surface area contributed by atoms with Gasteiger partial charge in [0.2, 0.25) is 0 Å². The van der Waals surface area contributed by atoms with Gasteiger partial charge in [0, 0.05) is 6.04 Å². The van der Waals surface area contributed by atoms with Gasteiger partial charge in [-0.3, -0.25) is 9.69 Å². The van der Waals surface area contributed by atoms with Crippen molar-refractivity contribution in [1.82, 2.24) is 10.2 Å². The number of benzene rings is 1. The van der Waals surface area contributed by atoms with E-state index < -0.39 is 0 Å². The normalized spacial score (nSPS) is 19.8. The fraction of sp³-hybridized carbons (Fsp3) is 0.500. The molecule has 5 nitrogen and oxygen atoms in total. The molecule has 1 saturated heterocycles. The maximum atomic E-state index is 12.9. The standard InChI is InChI=1S/C20H26N2O3S/c1-3-24-17-11-10-14(13-18(17)25-4-2)12-16-19(23)22(20(26)21-16)15-8-6-5-7-9-15/h10-13,15H,3-9H2,1-2H3,(H,21,26)/b16-12-. The Bertz CT molecular complexity index is 711. The third kappa shape index (κ3) is 4.01. The van der Waals surface area contributed by atoms with Crippen molar-refractivity contribution in [2.24, 2.45) is 0 Å². The highest BCUT2D eigenvalue weighted by molar-refractivity contribution is 7.80. The van der Waals surface area contributed by atoms with E-state index in [1.165, 1.54) is 6.42 Å². The van der Waals surface area contributed by atoms with Crippen LogP contribution in [0.2, 0.25) is 0 Å². The van der Waals surface area contributed by atoms with Crippen LogP contribution in [0.15, 0.2) is 23.9 Å². The first kappa shape index (κ1) is 18.7. The van der Waals surface area contributed by atoms with Crippen LogP contribution in [-0.2, 0) is 4.79 Å². The van der Waals surface area contributed by atoms with Crippen molar-refractivity contribution in [3.63, 3.8) is 0 Å². The summed E-state index contributed by atoms with van der Waals surface area (Å²) < 4.78 is 11.3. The highest BCUT2D eigenvalue weighted by Gasteiger charge is 2.36. The minimum absolute atomic E-state index is 0.0336. The molecule has 1 amide bonds. The van der Waals surface area contributed by atoms with Gasteiger partial charge in [-0.2, -0.15) is 0 Å². The van der Waals surface area contributed by atoms with Crippen LogP contribution in [0.25, 0.3) is 6.08 Å². The van der Waals surface area contributed by atoms with Gasteiger partial charge in [0.1, 0.15) is 5.70 Å². The summed E-state index contributed by atoms with van der Waals surface area (Å²) in [6.07, 6.45) is 7.44. The molecule has 2 aliphatic rings. The summed E-state index contributed by atoms with van der Waals surface area (Å²) in [6.45, 7) is 5.00. The Hall–Kier alpha value is -2.08. The van der Waals surface area contributed by atoms with E-state index in [2.05, 4.69) is 5.32 Å². The third-order valence-electron chi connectivity index (χ3n) is 4.73. The van der Waals surface area contributed by atoms with Crippen molar-refractivity contribution in [1.29, 1.82) is 0 Å².